The summed E-state index contributed by atoms with van der Waals surface area (Å²) in [4.78, 5) is 31.3. The first-order chi connectivity index (χ1) is 10.9. The molecule has 0 saturated carbocycles. The standard InChI is InChI=1S/C14H9FN2O6/c15-12-7-10(3-6-13(12)17(21)22)14(18)23-8-9-1-4-11(5-2-9)16(19)20/h1-7H,8H2. The van der Waals surface area contributed by atoms with E-state index in [0.717, 1.165) is 18.2 Å². The van der Waals surface area contributed by atoms with Crippen LogP contribution in [0.1, 0.15) is 15.9 Å². The van der Waals surface area contributed by atoms with Crippen LogP contribution in [0, 0.1) is 26.0 Å². The maximum absolute atomic E-state index is 13.4. The zero-order valence-corrected chi connectivity index (χ0v) is 11.5. The number of esters is 1. The van der Waals surface area contributed by atoms with Crippen LogP contribution >= 0.6 is 0 Å². The molecule has 0 heterocycles. The third-order valence-electron chi connectivity index (χ3n) is 2.90. The molecular weight excluding hydrogens is 311 g/mol. The second-order valence-electron chi connectivity index (χ2n) is 4.42. The summed E-state index contributed by atoms with van der Waals surface area (Å²) in [5.74, 6) is -2.00. The first-order valence-corrected chi connectivity index (χ1v) is 6.23. The van der Waals surface area contributed by atoms with Gasteiger partial charge in [-0.2, -0.15) is 4.39 Å². The summed E-state index contributed by atoms with van der Waals surface area (Å²) >= 11 is 0. The lowest BCUT2D eigenvalue weighted by Crippen LogP contribution is -2.06. The number of rotatable bonds is 5. The summed E-state index contributed by atoms with van der Waals surface area (Å²) in [5, 5.41) is 21.0. The number of non-ortho nitro benzene ring substituents is 1. The molecule has 0 radical (unpaired) electrons. The Morgan fingerprint density at radius 1 is 1.04 bits per heavy atom. The molecule has 0 bridgehead atoms. The van der Waals surface area contributed by atoms with Gasteiger partial charge in [0.2, 0.25) is 5.82 Å². The summed E-state index contributed by atoms with van der Waals surface area (Å²) in [6.07, 6.45) is 0. The van der Waals surface area contributed by atoms with E-state index in [1.165, 1.54) is 24.3 Å². The molecule has 118 valence electrons. The number of nitro benzene ring substituents is 2. The summed E-state index contributed by atoms with van der Waals surface area (Å²) in [6.45, 7) is -0.171. The van der Waals surface area contributed by atoms with Crippen LogP contribution in [0.5, 0.6) is 0 Å². The van der Waals surface area contributed by atoms with Gasteiger partial charge in [0.1, 0.15) is 6.61 Å². The van der Waals surface area contributed by atoms with Gasteiger partial charge >= 0.3 is 11.7 Å². The lowest BCUT2D eigenvalue weighted by atomic mass is 10.2. The van der Waals surface area contributed by atoms with Crippen molar-refractivity contribution >= 4 is 17.3 Å². The van der Waals surface area contributed by atoms with Crippen LogP contribution in [0.15, 0.2) is 42.5 Å². The van der Waals surface area contributed by atoms with Crippen molar-refractivity contribution in [2.24, 2.45) is 0 Å². The highest BCUT2D eigenvalue weighted by atomic mass is 19.1. The van der Waals surface area contributed by atoms with E-state index >= 15 is 0 Å². The Kier molecular flexibility index (Phi) is 4.60. The number of ether oxygens (including phenoxy) is 1. The maximum atomic E-state index is 13.4. The Hall–Kier alpha value is -3.36. The van der Waals surface area contributed by atoms with Crippen molar-refractivity contribution in [1.29, 1.82) is 0 Å². The molecule has 0 spiro atoms. The number of hydrogen-bond acceptors (Lipinski definition) is 6. The van der Waals surface area contributed by atoms with Gasteiger partial charge in [-0.25, -0.2) is 4.79 Å². The van der Waals surface area contributed by atoms with Crippen molar-refractivity contribution < 1.29 is 23.8 Å². The van der Waals surface area contributed by atoms with E-state index in [1.54, 1.807) is 0 Å². The van der Waals surface area contributed by atoms with Crippen LogP contribution in [0.25, 0.3) is 0 Å². The molecule has 0 N–H and O–H groups in total. The molecule has 8 nitrogen and oxygen atoms in total. The van der Waals surface area contributed by atoms with E-state index in [2.05, 4.69) is 0 Å². The van der Waals surface area contributed by atoms with E-state index in [-0.39, 0.29) is 17.9 Å². The second-order valence-corrected chi connectivity index (χ2v) is 4.42. The van der Waals surface area contributed by atoms with E-state index < -0.39 is 27.3 Å². The molecule has 0 saturated heterocycles. The topological polar surface area (TPSA) is 113 Å². The highest BCUT2D eigenvalue weighted by Crippen LogP contribution is 2.19. The van der Waals surface area contributed by atoms with Gasteiger partial charge in [-0.05, 0) is 29.8 Å². The van der Waals surface area contributed by atoms with Crippen LogP contribution in [0.3, 0.4) is 0 Å². The predicted octanol–water partition coefficient (Wildman–Crippen LogP) is 3.00. The SMILES string of the molecule is O=C(OCc1ccc([N+](=O)[O-])cc1)c1ccc([N+](=O)[O-])c(F)c1. The van der Waals surface area contributed by atoms with Crippen molar-refractivity contribution in [3.63, 3.8) is 0 Å². The highest BCUT2D eigenvalue weighted by molar-refractivity contribution is 5.89. The molecule has 0 fully saturated rings. The molecule has 0 aromatic heterocycles. The quantitative estimate of drug-likeness (QED) is 0.475. The summed E-state index contributed by atoms with van der Waals surface area (Å²) in [7, 11) is 0. The van der Waals surface area contributed by atoms with Crippen LogP contribution in [-0.2, 0) is 11.3 Å². The van der Waals surface area contributed by atoms with Crippen molar-refractivity contribution in [1.82, 2.24) is 0 Å². The minimum absolute atomic E-state index is 0.0995. The average molecular weight is 320 g/mol. The van der Waals surface area contributed by atoms with Gasteiger partial charge < -0.3 is 4.74 Å². The molecule has 0 aliphatic carbocycles. The predicted molar refractivity (Wildman–Crippen MR) is 75.3 cm³/mol. The Balaban J connectivity index is 2.03. The summed E-state index contributed by atoms with van der Waals surface area (Å²) < 4.78 is 18.4. The second kappa shape index (κ2) is 6.60. The molecule has 0 amide bonds. The van der Waals surface area contributed by atoms with E-state index in [9.17, 15) is 29.4 Å². The van der Waals surface area contributed by atoms with E-state index in [0.29, 0.717) is 5.56 Å². The monoisotopic (exact) mass is 320 g/mol. The molecule has 2 aromatic rings. The Bertz CT molecular complexity index is 775. The third-order valence-corrected chi connectivity index (χ3v) is 2.90. The van der Waals surface area contributed by atoms with Gasteiger partial charge in [0, 0.05) is 18.2 Å². The van der Waals surface area contributed by atoms with Crippen molar-refractivity contribution in [2.45, 2.75) is 6.61 Å². The Labute approximate surface area is 128 Å². The van der Waals surface area contributed by atoms with Gasteiger partial charge in [0.25, 0.3) is 5.69 Å². The van der Waals surface area contributed by atoms with Gasteiger partial charge in [0.05, 0.1) is 15.4 Å². The van der Waals surface area contributed by atoms with Crippen LogP contribution in [-0.4, -0.2) is 15.8 Å². The molecule has 2 rings (SSSR count). The number of benzene rings is 2. The van der Waals surface area contributed by atoms with Crippen LogP contribution < -0.4 is 0 Å². The zero-order valence-electron chi connectivity index (χ0n) is 11.5. The summed E-state index contributed by atoms with van der Waals surface area (Å²) in [5.41, 5.74) is -0.504. The average Bonchev–Trinajstić information content (AvgIpc) is 2.52. The number of nitrogens with zero attached hydrogens (tertiary/aromatic N) is 2. The molecule has 9 heteroatoms. The summed E-state index contributed by atoms with van der Waals surface area (Å²) in [6, 6.07) is 8.03. The third kappa shape index (κ3) is 3.84. The van der Waals surface area contributed by atoms with E-state index in [4.69, 9.17) is 4.74 Å². The minimum Gasteiger partial charge on any atom is -0.457 e. The van der Waals surface area contributed by atoms with E-state index in [1.807, 2.05) is 0 Å². The first-order valence-electron chi connectivity index (χ1n) is 6.23. The number of hydrogen-bond donors (Lipinski definition) is 0. The molecule has 0 aliphatic heterocycles. The number of halogens is 1. The Morgan fingerprint density at radius 3 is 2.22 bits per heavy atom. The largest absolute Gasteiger partial charge is 0.457 e. The van der Waals surface area contributed by atoms with Gasteiger partial charge in [-0.15, -0.1) is 0 Å². The molecule has 23 heavy (non-hydrogen) atoms. The Morgan fingerprint density at radius 2 is 1.70 bits per heavy atom. The van der Waals surface area contributed by atoms with Crippen LogP contribution in [0.2, 0.25) is 0 Å². The van der Waals surface area contributed by atoms with Gasteiger partial charge in [-0.1, -0.05) is 0 Å². The highest BCUT2D eigenvalue weighted by Gasteiger charge is 2.17. The fourth-order valence-corrected chi connectivity index (χ4v) is 1.73. The smallest absolute Gasteiger partial charge is 0.338 e. The molecular formula is C14H9FN2O6. The molecule has 0 aliphatic rings. The fourth-order valence-electron chi connectivity index (χ4n) is 1.73. The van der Waals surface area contributed by atoms with Crippen molar-refractivity contribution in [3.05, 3.63) is 79.6 Å². The maximum Gasteiger partial charge on any atom is 0.338 e. The van der Waals surface area contributed by atoms with Gasteiger partial charge in [-0.3, -0.25) is 20.2 Å². The normalized spacial score (nSPS) is 10.1. The van der Waals surface area contributed by atoms with Gasteiger partial charge in [0.15, 0.2) is 0 Å². The number of carbonyl (C=O) groups is 1. The van der Waals surface area contributed by atoms with Crippen LogP contribution in [0.4, 0.5) is 15.8 Å². The first kappa shape index (κ1) is 16.0. The zero-order chi connectivity index (χ0) is 17.0. The van der Waals surface area contributed by atoms with Crippen molar-refractivity contribution in [2.75, 3.05) is 0 Å². The lowest BCUT2D eigenvalue weighted by molar-refractivity contribution is -0.387. The minimum atomic E-state index is -1.14. The molecule has 0 atom stereocenters. The number of nitro groups is 2. The van der Waals surface area contributed by atoms with Crippen molar-refractivity contribution in [3.8, 4) is 0 Å². The fraction of sp³-hybridized carbons (Fsp3) is 0.0714. The molecule has 0 unspecified atom stereocenters. The lowest BCUT2D eigenvalue weighted by Gasteiger charge is -2.05. The number of carbonyl (C=O) groups excluding carboxylic acids is 1. The molecule has 2 aromatic carbocycles.